The third kappa shape index (κ3) is 3.72. The summed E-state index contributed by atoms with van der Waals surface area (Å²) >= 11 is 0. The minimum atomic E-state index is -0.0231. The second-order valence-electron chi connectivity index (χ2n) is 4.91. The summed E-state index contributed by atoms with van der Waals surface area (Å²) in [6.45, 7) is 2.03. The lowest BCUT2D eigenvalue weighted by Gasteiger charge is -2.27. The predicted octanol–water partition coefficient (Wildman–Crippen LogP) is 2.87. The number of amides is 1. The van der Waals surface area contributed by atoms with Crippen LogP contribution in [0.5, 0.6) is 0 Å². The molecule has 2 unspecified atom stereocenters. The van der Waals surface area contributed by atoms with Crippen LogP contribution in [0.3, 0.4) is 0 Å². The van der Waals surface area contributed by atoms with Crippen LogP contribution in [0.15, 0.2) is 24.3 Å². The lowest BCUT2D eigenvalue weighted by Crippen LogP contribution is -2.40. The maximum absolute atomic E-state index is 12.1. The van der Waals surface area contributed by atoms with Crippen molar-refractivity contribution in [1.82, 2.24) is 0 Å². The molecule has 0 aliphatic heterocycles. The largest absolute Gasteiger partial charge is 0.327 e. The monoisotopic (exact) mass is 268 g/mol. The quantitative estimate of drug-likeness (QED) is 0.867. The fraction of sp³-hybridized carbons (Fsp3) is 0.500. The van der Waals surface area contributed by atoms with Crippen LogP contribution in [-0.2, 0) is 4.79 Å². The molecule has 2 rings (SSSR count). The third-order valence-electron chi connectivity index (χ3n) is 3.48. The lowest BCUT2D eigenvalue weighted by atomic mass is 9.84. The molecule has 1 aromatic carbocycles. The molecule has 1 fully saturated rings. The van der Waals surface area contributed by atoms with Crippen molar-refractivity contribution >= 4 is 24.0 Å². The van der Waals surface area contributed by atoms with Crippen LogP contribution in [-0.4, -0.2) is 11.9 Å². The second-order valence-corrected chi connectivity index (χ2v) is 4.91. The van der Waals surface area contributed by atoms with Gasteiger partial charge in [-0.2, -0.15) is 0 Å². The molecular weight excluding hydrogens is 248 g/mol. The second kappa shape index (κ2) is 6.76. The van der Waals surface area contributed by atoms with Gasteiger partial charge in [-0.3, -0.25) is 4.79 Å². The first kappa shape index (κ1) is 15.0. The van der Waals surface area contributed by atoms with Crippen molar-refractivity contribution < 1.29 is 4.79 Å². The summed E-state index contributed by atoms with van der Waals surface area (Å²) in [5.74, 6) is 0.0473. The van der Waals surface area contributed by atoms with E-state index in [1.54, 1.807) is 0 Å². The zero-order valence-electron chi connectivity index (χ0n) is 10.7. The van der Waals surface area contributed by atoms with E-state index in [-0.39, 0.29) is 30.3 Å². The molecule has 0 spiro atoms. The number of nitrogens with two attached hydrogens (primary N) is 1. The highest BCUT2D eigenvalue weighted by molar-refractivity contribution is 5.93. The SMILES string of the molecule is Cc1ccc(NC(=O)C2CCCCC2N)cc1.Cl. The van der Waals surface area contributed by atoms with E-state index in [4.69, 9.17) is 5.73 Å². The zero-order valence-corrected chi connectivity index (χ0v) is 11.5. The Kier molecular flexibility index (Phi) is 5.63. The molecular formula is C14H21ClN2O. The van der Waals surface area contributed by atoms with E-state index >= 15 is 0 Å². The Morgan fingerprint density at radius 1 is 1.22 bits per heavy atom. The smallest absolute Gasteiger partial charge is 0.229 e. The fourth-order valence-electron chi connectivity index (χ4n) is 2.36. The van der Waals surface area contributed by atoms with Crippen LogP contribution in [0, 0.1) is 12.8 Å². The van der Waals surface area contributed by atoms with Gasteiger partial charge in [0.2, 0.25) is 5.91 Å². The van der Waals surface area contributed by atoms with Crippen LogP contribution in [0.4, 0.5) is 5.69 Å². The maximum atomic E-state index is 12.1. The van der Waals surface area contributed by atoms with Crippen molar-refractivity contribution in [2.75, 3.05) is 5.32 Å². The number of rotatable bonds is 2. The number of halogens is 1. The number of carbonyl (C=O) groups excluding carboxylic acids is 1. The summed E-state index contributed by atoms with van der Waals surface area (Å²) in [5.41, 5.74) is 8.05. The number of carbonyl (C=O) groups is 1. The van der Waals surface area contributed by atoms with Gasteiger partial charge in [-0.05, 0) is 31.9 Å². The number of hydrogen-bond donors (Lipinski definition) is 2. The molecule has 18 heavy (non-hydrogen) atoms. The van der Waals surface area contributed by atoms with E-state index in [1.165, 1.54) is 5.56 Å². The molecule has 3 N–H and O–H groups in total. The third-order valence-corrected chi connectivity index (χ3v) is 3.48. The predicted molar refractivity (Wildman–Crippen MR) is 77.0 cm³/mol. The van der Waals surface area contributed by atoms with Crippen molar-refractivity contribution in [2.45, 2.75) is 38.6 Å². The molecule has 1 aromatic rings. The molecule has 0 heterocycles. The van der Waals surface area contributed by atoms with E-state index in [0.717, 1.165) is 31.4 Å². The summed E-state index contributed by atoms with van der Waals surface area (Å²) in [6, 6.07) is 7.88. The Morgan fingerprint density at radius 3 is 2.44 bits per heavy atom. The number of aryl methyl sites for hydroxylation is 1. The molecule has 2 atom stereocenters. The summed E-state index contributed by atoms with van der Waals surface area (Å²) < 4.78 is 0. The van der Waals surface area contributed by atoms with E-state index in [9.17, 15) is 4.79 Å². The van der Waals surface area contributed by atoms with Crippen molar-refractivity contribution in [1.29, 1.82) is 0 Å². The van der Waals surface area contributed by atoms with Crippen LogP contribution >= 0.6 is 12.4 Å². The first-order valence-electron chi connectivity index (χ1n) is 6.30. The number of nitrogens with one attached hydrogen (secondary N) is 1. The normalized spacial score (nSPS) is 23.0. The van der Waals surface area contributed by atoms with E-state index in [2.05, 4.69) is 5.32 Å². The van der Waals surface area contributed by atoms with Crippen molar-refractivity contribution in [2.24, 2.45) is 11.7 Å². The molecule has 0 radical (unpaired) electrons. The van der Waals surface area contributed by atoms with Gasteiger partial charge in [0.15, 0.2) is 0 Å². The van der Waals surface area contributed by atoms with Gasteiger partial charge in [0, 0.05) is 11.7 Å². The molecule has 0 aromatic heterocycles. The molecule has 0 bridgehead atoms. The van der Waals surface area contributed by atoms with Gasteiger partial charge < -0.3 is 11.1 Å². The highest BCUT2D eigenvalue weighted by atomic mass is 35.5. The molecule has 1 saturated carbocycles. The molecule has 0 saturated heterocycles. The molecule has 1 amide bonds. The van der Waals surface area contributed by atoms with Crippen molar-refractivity contribution in [3.8, 4) is 0 Å². The first-order chi connectivity index (χ1) is 8.16. The van der Waals surface area contributed by atoms with E-state index < -0.39 is 0 Å². The molecule has 4 heteroatoms. The van der Waals surface area contributed by atoms with E-state index in [0.29, 0.717) is 0 Å². The average Bonchev–Trinajstić information content (AvgIpc) is 2.32. The Bertz CT molecular complexity index is 391. The zero-order chi connectivity index (χ0) is 12.3. The van der Waals surface area contributed by atoms with Gasteiger partial charge in [-0.25, -0.2) is 0 Å². The Hall–Kier alpha value is -1.06. The average molecular weight is 269 g/mol. The summed E-state index contributed by atoms with van der Waals surface area (Å²) in [7, 11) is 0. The highest BCUT2D eigenvalue weighted by Crippen LogP contribution is 2.24. The number of anilines is 1. The number of benzene rings is 1. The summed E-state index contributed by atoms with van der Waals surface area (Å²) in [5, 5.41) is 2.95. The Labute approximate surface area is 115 Å². The number of hydrogen-bond acceptors (Lipinski definition) is 2. The van der Waals surface area contributed by atoms with Gasteiger partial charge >= 0.3 is 0 Å². The molecule has 100 valence electrons. The Balaban J connectivity index is 0.00000162. The summed E-state index contributed by atoms with van der Waals surface area (Å²) in [6.07, 6.45) is 4.14. The van der Waals surface area contributed by atoms with Crippen molar-refractivity contribution in [3.63, 3.8) is 0 Å². The minimum absolute atomic E-state index is 0. The molecule has 1 aliphatic carbocycles. The van der Waals surface area contributed by atoms with Gasteiger partial charge in [0.1, 0.15) is 0 Å². The van der Waals surface area contributed by atoms with E-state index in [1.807, 2.05) is 31.2 Å². The van der Waals surface area contributed by atoms with Crippen LogP contribution in [0.25, 0.3) is 0 Å². The standard InChI is InChI=1S/C14H20N2O.ClH/c1-10-6-8-11(9-7-10)16-14(17)12-4-2-3-5-13(12)15;/h6-9,12-13H,2-5,15H2,1H3,(H,16,17);1H. The lowest BCUT2D eigenvalue weighted by molar-refractivity contribution is -0.121. The topological polar surface area (TPSA) is 55.1 Å². The maximum Gasteiger partial charge on any atom is 0.229 e. The highest BCUT2D eigenvalue weighted by Gasteiger charge is 2.28. The van der Waals surface area contributed by atoms with Crippen LogP contribution in [0.2, 0.25) is 0 Å². The first-order valence-corrected chi connectivity index (χ1v) is 6.30. The van der Waals surface area contributed by atoms with Crippen molar-refractivity contribution in [3.05, 3.63) is 29.8 Å². The summed E-state index contributed by atoms with van der Waals surface area (Å²) in [4.78, 5) is 12.1. The molecule has 3 nitrogen and oxygen atoms in total. The van der Waals surface area contributed by atoms with Gasteiger partial charge in [-0.15, -0.1) is 12.4 Å². The fourth-order valence-corrected chi connectivity index (χ4v) is 2.36. The van der Waals surface area contributed by atoms with Gasteiger partial charge in [0.25, 0.3) is 0 Å². The van der Waals surface area contributed by atoms with Crippen LogP contribution in [0.1, 0.15) is 31.2 Å². The van der Waals surface area contributed by atoms with Gasteiger partial charge in [0.05, 0.1) is 5.92 Å². The Morgan fingerprint density at radius 2 is 1.83 bits per heavy atom. The molecule has 1 aliphatic rings. The van der Waals surface area contributed by atoms with Crippen LogP contribution < -0.4 is 11.1 Å². The van der Waals surface area contributed by atoms with Gasteiger partial charge in [-0.1, -0.05) is 30.5 Å². The minimum Gasteiger partial charge on any atom is -0.327 e.